The van der Waals surface area contributed by atoms with Crippen LogP contribution in [-0.4, -0.2) is 30.0 Å². The number of para-hydroxylation sites is 1. The summed E-state index contributed by atoms with van der Waals surface area (Å²) >= 11 is 5.79. The number of ether oxygens (including phenoxy) is 1. The summed E-state index contributed by atoms with van der Waals surface area (Å²) in [4.78, 5) is 13.9. The van der Waals surface area contributed by atoms with E-state index in [9.17, 15) is 9.18 Å². The van der Waals surface area contributed by atoms with Gasteiger partial charge in [0.2, 0.25) is 0 Å². The second kappa shape index (κ2) is 6.59. The van der Waals surface area contributed by atoms with Crippen molar-refractivity contribution in [2.24, 2.45) is 0 Å². The van der Waals surface area contributed by atoms with Gasteiger partial charge in [0.05, 0.1) is 13.1 Å². The lowest BCUT2D eigenvalue weighted by Gasteiger charge is -2.39. The molecule has 23 heavy (non-hydrogen) atoms. The Balaban J connectivity index is 1.61. The Bertz CT molecular complexity index is 708. The molecule has 0 bridgehead atoms. The maximum absolute atomic E-state index is 13.3. The molecular formula is C18H17ClFNO2. The predicted octanol–water partition coefficient (Wildman–Crippen LogP) is 3.94. The van der Waals surface area contributed by atoms with Crippen molar-refractivity contribution >= 4 is 17.5 Å². The van der Waals surface area contributed by atoms with Crippen molar-refractivity contribution in [1.82, 2.24) is 4.90 Å². The van der Waals surface area contributed by atoms with Gasteiger partial charge in [-0.3, -0.25) is 4.79 Å². The van der Waals surface area contributed by atoms with Gasteiger partial charge < -0.3 is 9.64 Å². The number of likely N-dealkylation sites (tertiary alicyclic amines) is 1. The fourth-order valence-corrected chi connectivity index (χ4v) is 2.85. The first-order chi connectivity index (χ1) is 11.1. The van der Waals surface area contributed by atoms with E-state index < -0.39 is 5.82 Å². The first-order valence-corrected chi connectivity index (χ1v) is 7.94. The molecule has 0 aromatic heterocycles. The van der Waals surface area contributed by atoms with E-state index in [1.54, 1.807) is 4.90 Å². The Morgan fingerprint density at radius 1 is 1.30 bits per heavy atom. The van der Waals surface area contributed by atoms with E-state index in [0.717, 1.165) is 17.7 Å². The second-order valence-corrected chi connectivity index (χ2v) is 6.01. The molecule has 1 saturated heterocycles. The number of rotatable bonds is 4. The minimum Gasteiger partial charge on any atom is -0.486 e. The Morgan fingerprint density at radius 3 is 2.74 bits per heavy atom. The van der Waals surface area contributed by atoms with Crippen LogP contribution in [0, 0.1) is 5.82 Å². The van der Waals surface area contributed by atoms with Crippen LogP contribution >= 0.6 is 11.6 Å². The smallest absolute Gasteiger partial charge is 0.254 e. The molecule has 1 heterocycles. The zero-order chi connectivity index (χ0) is 16.4. The highest BCUT2D eigenvalue weighted by molar-refractivity contribution is 6.31. The second-order valence-electron chi connectivity index (χ2n) is 5.57. The molecule has 0 radical (unpaired) electrons. The lowest BCUT2D eigenvalue weighted by molar-refractivity contribution is 0.0174. The zero-order valence-electron chi connectivity index (χ0n) is 12.8. The Labute approximate surface area is 139 Å². The number of benzene rings is 2. The highest BCUT2D eigenvalue weighted by Gasteiger charge is 2.33. The van der Waals surface area contributed by atoms with Crippen LogP contribution in [0.5, 0.6) is 5.75 Å². The van der Waals surface area contributed by atoms with Crippen LogP contribution in [0.1, 0.15) is 22.8 Å². The number of carbonyl (C=O) groups is 1. The minimum atomic E-state index is -0.508. The molecule has 1 aliphatic heterocycles. The number of nitrogens with zero attached hydrogens (tertiary/aromatic N) is 1. The predicted molar refractivity (Wildman–Crippen MR) is 87.5 cm³/mol. The molecule has 0 saturated carbocycles. The first kappa shape index (κ1) is 15.8. The largest absolute Gasteiger partial charge is 0.486 e. The standard InChI is InChI=1S/C18H17ClFNO2/c1-2-12-5-3-4-6-17(12)23-16-10-21(11-16)18(22)13-7-14(19)9-15(20)8-13/h3-9,16H,2,10-11H2,1H3. The highest BCUT2D eigenvalue weighted by Crippen LogP contribution is 2.24. The summed E-state index contributed by atoms with van der Waals surface area (Å²) in [7, 11) is 0. The van der Waals surface area contributed by atoms with E-state index >= 15 is 0 Å². The Morgan fingerprint density at radius 2 is 2.04 bits per heavy atom. The van der Waals surface area contributed by atoms with Gasteiger partial charge >= 0.3 is 0 Å². The molecule has 3 nitrogen and oxygen atoms in total. The molecule has 0 aliphatic carbocycles. The lowest BCUT2D eigenvalue weighted by Crippen LogP contribution is -2.56. The van der Waals surface area contributed by atoms with E-state index in [1.807, 2.05) is 24.3 Å². The van der Waals surface area contributed by atoms with E-state index in [4.69, 9.17) is 16.3 Å². The average Bonchev–Trinajstić information content (AvgIpc) is 2.49. The van der Waals surface area contributed by atoms with E-state index in [2.05, 4.69) is 6.92 Å². The molecule has 2 aromatic carbocycles. The third kappa shape index (κ3) is 3.48. The van der Waals surface area contributed by atoms with Crippen molar-refractivity contribution in [3.05, 3.63) is 64.4 Å². The molecule has 0 unspecified atom stereocenters. The van der Waals surface area contributed by atoms with Gasteiger partial charge in [0.1, 0.15) is 17.7 Å². The van der Waals surface area contributed by atoms with Crippen LogP contribution in [0.4, 0.5) is 4.39 Å². The maximum atomic E-state index is 13.3. The van der Waals surface area contributed by atoms with E-state index in [-0.39, 0.29) is 22.6 Å². The minimum absolute atomic E-state index is 0.0318. The van der Waals surface area contributed by atoms with E-state index in [1.165, 1.54) is 18.2 Å². The molecule has 120 valence electrons. The van der Waals surface area contributed by atoms with E-state index in [0.29, 0.717) is 13.1 Å². The normalized spacial score (nSPS) is 14.5. The molecule has 1 amide bonds. The molecule has 0 spiro atoms. The molecule has 0 atom stereocenters. The Hall–Kier alpha value is -2.07. The third-order valence-electron chi connectivity index (χ3n) is 3.89. The van der Waals surface area contributed by atoms with Crippen LogP contribution in [-0.2, 0) is 6.42 Å². The van der Waals surface area contributed by atoms with Crippen molar-refractivity contribution in [1.29, 1.82) is 0 Å². The number of amides is 1. The fourth-order valence-electron chi connectivity index (χ4n) is 2.63. The summed E-state index contributed by atoms with van der Waals surface area (Å²) in [6, 6.07) is 11.8. The molecule has 1 fully saturated rings. The van der Waals surface area contributed by atoms with Gasteiger partial charge in [-0.05, 0) is 36.2 Å². The van der Waals surface area contributed by atoms with Crippen molar-refractivity contribution in [2.75, 3.05) is 13.1 Å². The van der Waals surface area contributed by atoms with Gasteiger partial charge in [0.15, 0.2) is 0 Å². The molecule has 3 rings (SSSR count). The maximum Gasteiger partial charge on any atom is 0.254 e. The Kier molecular flexibility index (Phi) is 4.53. The molecule has 0 N–H and O–H groups in total. The number of hydrogen-bond acceptors (Lipinski definition) is 2. The van der Waals surface area contributed by atoms with Crippen LogP contribution < -0.4 is 4.74 Å². The van der Waals surface area contributed by atoms with Crippen molar-refractivity contribution in [2.45, 2.75) is 19.4 Å². The first-order valence-electron chi connectivity index (χ1n) is 7.56. The van der Waals surface area contributed by atoms with Gasteiger partial charge in [-0.1, -0.05) is 36.7 Å². The monoisotopic (exact) mass is 333 g/mol. The van der Waals surface area contributed by atoms with Crippen molar-refractivity contribution < 1.29 is 13.9 Å². The third-order valence-corrected chi connectivity index (χ3v) is 4.11. The summed E-state index contributed by atoms with van der Waals surface area (Å²) in [6.07, 6.45) is 0.864. The average molecular weight is 334 g/mol. The highest BCUT2D eigenvalue weighted by atomic mass is 35.5. The van der Waals surface area contributed by atoms with Crippen LogP contribution in [0.2, 0.25) is 5.02 Å². The summed E-state index contributed by atoms with van der Waals surface area (Å²) in [5.74, 6) is 0.127. The SMILES string of the molecule is CCc1ccccc1OC1CN(C(=O)c2cc(F)cc(Cl)c2)C1. The van der Waals surface area contributed by atoms with Crippen LogP contribution in [0.3, 0.4) is 0 Å². The van der Waals surface area contributed by atoms with Crippen molar-refractivity contribution in [3.8, 4) is 5.75 Å². The topological polar surface area (TPSA) is 29.5 Å². The van der Waals surface area contributed by atoms with Crippen molar-refractivity contribution in [3.63, 3.8) is 0 Å². The summed E-state index contributed by atoms with van der Waals surface area (Å²) in [6.45, 7) is 3.06. The molecule has 1 aliphatic rings. The van der Waals surface area contributed by atoms with Gasteiger partial charge in [0, 0.05) is 10.6 Å². The number of halogens is 2. The lowest BCUT2D eigenvalue weighted by atomic mass is 10.1. The van der Waals surface area contributed by atoms with Gasteiger partial charge in [0.25, 0.3) is 5.91 Å². The molecule has 5 heteroatoms. The molecule has 2 aromatic rings. The fraction of sp³-hybridized carbons (Fsp3) is 0.278. The van der Waals surface area contributed by atoms with Gasteiger partial charge in [-0.15, -0.1) is 0 Å². The number of aryl methyl sites for hydroxylation is 1. The van der Waals surface area contributed by atoms with Crippen LogP contribution in [0.15, 0.2) is 42.5 Å². The number of hydrogen-bond donors (Lipinski definition) is 0. The summed E-state index contributed by atoms with van der Waals surface area (Å²) < 4.78 is 19.3. The van der Waals surface area contributed by atoms with Crippen LogP contribution in [0.25, 0.3) is 0 Å². The number of carbonyl (C=O) groups excluding carboxylic acids is 1. The van der Waals surface area contributed by atoms with Gasteiger partial charge in [-0.2, -0.15) is 0 Å². The quantitative estimate of drug-likeness (QED) is 0.848. The zero-order valence-corrected chi connectivity index (χ0v) is 13.5. The summed E-state index contributed by atoms with van der Waals surface area (Å²) in [5.41, 5.74) is 1.41. The van der Waals surface area contributed by atoms with Gasteiger partial charge in [-0.25, -0.2) is 4.39 Å². The molecular weight excluding hydrogens is 317 g/mol. The summed E-state index contributed by atoms with van der Waals surface area (Å²) in [5, 5.41) is 0.221.